The molecule has 37 heteroatoms. The maximum atomic E-state index is 15.0. The highest BCUT2D eigenvalue weighted by atomic mass is 31.2. The van der Waals surface area contributed by atoms with Gasteiger partial charge in [0.1, 0.15) is 0 Å². The quantitative estimate of drug-likeness (QED) is 0.135. The Morgan fingerprint density at radius 3 is 0.321 bits per heavy atom. The molecular formula is C16F36P+. The zero-order chi connectivity index (χ0) is 44.5. The van der Waals surface area contributed by atoms with E-state index in [4.69, 9.17) is 0 Å². The summed E-state index contributed by atoms with van der Waals surface area (Å²) in [6.07, 6.45) is -37.0. The third kappa shape index (κ3) is 5.69. The number of rotatable bonds is 12. The van der Waals surface area contributed by atoms with E-state index in [1.807, 2.05) is 0 Å². The second-order valence-corrected chi connectivity index (χ2v) is 13.0. The third-order valence-corrected chi connectivity index (χ3v) is 10.7. The molecule has 0 unspecified atom stereocenters. The van der Waals surface area contributed by atoms with Crippen molar-refractivity contribution in [1.82, 2.24) is 0 Å². The average molecular weight is 907 g/mol. The van der Waals surface area contributed by atoms with E-state index in [2.05, 4.69) is 0 Å². The van der Waals surface area contributed by atoms with E-state index in [0.717, 1.165) is 0 Å². The van der Waals surface area contributed by atoms with Gasteiger partial charge in [-0.15, -0.1) is 0 Å². The van der Waals surface area contributed by atoms with Crippen LogP contribution in [0.2, 0.25) is 0 Å². The van der Waals surface area contributed by atoms with Crippen molar-refractivity contribution in [1.29, 1.82) is 0 Å². The van der Waals surface area contributed by atoms with Gasteiger partial charge in [0.15, 0.2) is 0 Å². The van der Waals surface area contributed by atoms with E-state index in [9.17, 15) is 158 Å². The summed E-state index contributed by atoms with van der Waals surface area (Å²) in [5.41, 5.74) is -46.7. The molecule has 320 valence electrons. The Balaban J connectivity index is 10.4. The minimum atomic E-state index is -14.7. The van der Waals surface area contributed by atoms with Crippen molar-refractivity contribution in [3.8, 4) is 0 Å². The molecule has 0 aromatic heterocycles. The van der Waals surface area contributed by atoms with Gasteiger partial charge in [-0.1, -0.05) is 0 Å². The Morgan fingerprint density at radius 2 is 0.245 bits per heavy atom. The number of alkyl halides is 36. The fraction of sp³-hybridized carbons (Fsp3) is 1.00. The van der Waals surface area contributed by atoms with Gasteiger partial charge in [-0.25, -0.2) is 0 Å². The summed E-state index contributed by atoms with van der Waals surface area (Å²) in [5.74, 6) is -83.5. The van der Waals surface area contributed by atoms with E-state index in [1.54, 1.807) is 0 Å². The van der Waals surface area contributed by atoms with Gasteiger partial charge < -0.3 is 0 Å². The molecule has 0 aliphatic carbocycles. The predicted molar refractivity (Wildman–Crippen MR) is 90.5 cm³/mol. The number of halogens is 36. The lowest BCUT2D eigenvalue weighted by Gasteiger charge is -2.52. The lowest BCUT2D eigenvalue weighted by atomic mass is 10.1. The van der Waals surface area contributed by atoms with E-state index < -0.39 is 102 Å². The summed E-state index contributed by atoms with van der Waals surface area (Å²) in [6.45, 7) is 0. The molecule has 0 fully saturated rings. The SMILES string of the molecule is FC(F)(F)C(F)(F)C(F)(F)C(F)(F)[P+](C(F)(F)C(F)(F)C(F)(F)C(F)(F)F)(C(F)(F)C(F)(F)C(F)(F)C(F)(F)F)C(F)(F)C(F)(F)C(F)(F)C(F)(F)F. The van der Waals surface area contributed by atoms with Crippen LogP contribution in [0.4, 0.5) is 158 Å². The van der Waals surface area contributed by atoms with Crippen molar-refractivity contribution in [2.45, 2.75) is 94.7 Å². The first-order valence-corrected chi connectivity index (χ1v) is 12.5. The van der Waals surface area contributed by atoms with Gasteiger partial charge in [0.25, 0.3) is 0 Å². The van der Waals surface area contributed by atoms with Gasteiger partial charge in [0.2, 0.25) is 0 Å². The Labute approximate surface area is 261 Å². The van der Waals surface area contributed by atoms with Crippen molar-refractivity contribution in [2.24, 2.45) is 0 Å². The zero-order valence-electron chi connectivity index (χ0n) is 22.1. The van der Waals surface area contributed by atoms with Crippen LogP contribution in [-0.2, 0) is 0 Å². The van der Waals surface area contributed by atoms with E-state index in [-0.39, 0.29) is 0 Å². The monoisotopic (exact) mass is 907 g/mol. The van der Waals surface area contributed by atoms with Crippen LogP contribution in [0.3, 0.4) is 0 Å². The van der Waals surface area contributed by atoms with E-state index in [1.165, 1.54) is 0 Å². The molecular weight excluding hydrogens is 907 g/mol. The van der Waals surface area contributed by atoms with Crippen LogP contribution < -0.4 is 0 Å². The molecule has 0 saturated carbocycles. The normalized spacial score (nSPS) is 17.4. The van der Waals surface area contributed by atoms with Gasteiger partial charge in [0.05, 0.1) is 0 Å². The fourth-order valence-electron chi connectivity index (χ4n) is 3.37. The number of hydrogen-bond acceptors (Lipinski definition) is 0. The highest BCUT2D eigenvalue weighted by Gasteiger charge is 3.17. The summed E-state index contributed by atoms with van der Waals surface area (Å²) in [5, 5.41) is 0. The Bertz CT molecular complexity index is 1120. The van der Waals surface area contributed by atoms with Crippen molar-refractivity contribution in [2.75, 3.05) is 0 Å². The maximum Gasteiger partial charge on any atom is 0.460 e. The van der Waals surface area contributed by atoms with Crippen LogP contribution in [0.15, 0.2) is 0 Å². The van der Waals surface area contributed by atoms with E-state index in [0.29, 0.717) is 0 Å². The summed E-state index contributed by atoms with van der Waals surface area (Å²) < 4.78 is 491. The minimum absolute atomic E-state index is 9.25. The molecule has 0 radical (unpaired) electrons. The van der Waals surface area contributed by atoms with Crippen LogP contribution in [0.1, 0.15) is 0 Å². The molecule has 0 saturated heterocycles. The van der Waals surface area contributed by atoms with E-state index >= 15 is 0 Å². The zero-order valence-corrected chi connectivity index (χ0v) is 22.9. The Kier molecular flexibility index (Phi) is 11.5. The van der Waals surface area contributed by atoms with Gasteiger partial charge in [0, 0.05) is 0 Å². The Morgan fingerprint density at radius 1 is 0.151 bits per heavy atom. The molecule has 0 N–H and O–H groups in total. The van der Waals surface area contributed by atoms with Gasteiger partial charge >= 0.3 is 102 Å². The number of hydrogen-bond donors (Lipinski definition) is 0. The second kappa shape index (κ2) is 12.0. The molecule has 0 aliphatic heterocycles. The molecule has 0 spiro atoms. The van der Waals surface area contributed by atoms with Crippen molar-refractivity contribution < 1.29 is 158 Å². The third-order valence-electron chi connectivity index (χ3n) is 6.20. The molecule has 0 atom stereocenters. The lowest BCUT2D eigenvalue weighted by molar-refractivity contribution is -0.408. The maximum absolute atomic E-state index is 15.0. The first kappa shape index (κ1) is 50.9. The second-order valence-electron chi connectivity index (χ2n) is 9.42. The smallest absolute Gasteiger partial charge is 0.189 e. The van der Waals surface area contributed by atoms with Crippen LogP contribution in [0.25, 0.3) is 0 Å². The predicted octanol–water partition coefficient (Wildman–Crippen LogP) is 12.7. The minimum Gasteiger partial charge on any atom is -0.189 e. The van der Waals surface area contributed by atoms with Crippen molar-refractivity contribution in [3.05, 3.63) is 0 Å². The van der Waals surface area contributed by atoms with Crippen LogP contribution in [-0.4, -0.2) is 94.7 Å². The molecule has 0 amide bonds. The van der Waals surface area contributed by atoms with Gasteiger partial charge in [-0.3, -0.25) is 0 Å². The van der Waals surface area contributed by atoms with Crippen molar-refractivity contribution >= 4 is 7.26 Å². The van der Waals surface area contributed by atoms with Crippen LogP contribution in [0.5, 0.6) is 0 Å². The average Bonchev–Trinajstić information content (AvgIpc) is 2.84. The molecule has 0 aliphatic rings. The first-order valence-electron chi connectivity index (χ1n) is 10.7. The van der Waals surface area contributed by atoms with Gasteiger partial charge in [-0.2, -0.15) is 158 Å². The molecule has 0 nitrogen and oxygen atoms in total. The lowest BCUT2D eigenvalue weighted by Crippen LogP contribution is -2.77. The van der Waals surface area contributed by atoms with Crippen LogP contribution >= 0.6 is 7.26 Å². The summed E-state index contributed by atoms with van der Waals surface area (Å²) in [4.78, 5) is 0. The highest BCUT2D eigenvalue weighted by Crippen LogP contribution is 3.01. The first-order chi connectivity index (χ1) is 22.0. The van der Waals surface area contributed by atoms with Crippen molar-refractivity contribution in [3.63, 3.8) is 0 Å². The van der Waals surface area contributed by atoms with Crippen LogP contribution in [0, 0.1) is 0 Å². The molecule has 53 heavy (non-hydrogen) atoms. The molecule has 0 aromatic carbocycles. The summed E-state index contributed by atoms with van der Waals surface area (Å²) in [6, 6.07) is 0. The fourth-order valence-corrected chi connectivity index (χ4v) is 7.73. The Hall–Kier alpha value is -2.09. The molecule has 0 bridgehead atoms. The molecule has 0 rings (SSSR count). The highest BCUT2D eigenvalue weighted by molar-refractivity contribution is 7.80. The molecule has 0 heterocycles. The topological polar surface area (TPSA) is 0 Å². The largest absolute Gasteiger partial charge is 0.460 e. The van der Waals surface area contributed by atoms with Gasteiger partial charge in [-0.05, 0) is 0 Å². The standard InChI is InChI=1S/C16F36P/c17-1(18,9(33,34)35)5(25,26)13(45,46)53(14(47,48)6(27,28)2(19,20)10(36,37)38,15(49,50)7(29,30)3(21,22)11(39,40)41)16(51,52)8(31,32)4(23,24)12(42,43)44/q+1. The molecule has 0 aromatic rings. The summed E-state index contributed by atoms with van der Waals surface area (Å²) >= 11 is 0. The summed E-state index contributed by atoms with van der Waals surface area (Å²) in [7, 11) is -14.7.